The highest BCUT2D eigenvalue weighted by Crippen LogP contribution is 2.34. The van der Waals surface area contributed by atoms with Crippen LogP contribution >= 0.6 is 0 Å². The fourth-order valence-electron chi connectivity index (χ4n) is 3.57. The predicted octanol–water partition coefficient (Wildman–Crippen LogP) is 4.80. The van der Waals surface area contributed by atoms with Crippen molar-refractivity contribution >= 4 is 23.2 Å². The summed E-state index contributed by atoms with van der Waals surface area (Å²) in [6, 6.07) is 7.04. The number of hydrogen-bond acceptors (Lipinski definition) is 3. The first-order chi connectivity index (χ1) is 15.1. The van der Waals surface area contributed by atoms with E-state index in [1.165, 1.54) is 18.3 Å². The molecule has 0 bridgehead atoms. The van der Waals surface area contributed by atoms with Crippen LogP contribution < -0.4 is 10.6 Å². The molecule has 0 unspecified atom stereocenters. The standard InChI is InChI=1S/C22H18F4N4O2/c1-12-7-8-13(20(31)28-15-5-2-4-14(19(15)23)22(24,25)26)10-16(12)29-21(32)17-11-27-18-6-3-9-30(17)18/h2,4-5,7-8,10-11H,3,6,9H2,1H3,(H,28,31)(H,29,32). The Balaban J connectivity index is 1.55. The van der Waals surface area contributed by atoms with E-state index < -0.39 is 35.1 Å². The van der Waals surface area contributed by atoms with Gasteiger partial charge in [-0.2, -0.15) is 13.2 Å². The number of rotatable bonds is 4. The van der Waals surface area contributed by atoms with E-state index in [0.717, 1.165) is 30.8 Å². The van der Waals surface area contributed by atoms with Crippen LogP contribution in [0.2, 0.25) is 0 Å². The van der Waals surface area contributed by atoms with E-state index in [1.807, 2.05) is 4.57 Å². The maximum Gasteiger partial charge on any atom is 0.419 e. The van der Waals surface area contributed by atoms with Gasteiger partial charge in [0.15, 0.2) is 5.82 Å². The molecular weight excluding hydrogens is 428 g/mol. The minimum atomic E-state index is -4.89. The van der Waals surface area contributed by atoms with Crippen LogP contribution in [0.5, 0.6) is 0 Å². The molecule has 1 aromatic heterocycles. The Kier molecular flexibility index (Phi) is 5.45. The molecule has 0 atom stereocenters. The first kappa shape index (κ1) is 21.5. The fourth-order valence-corrected chi connectivity index (χ4v) is 3.57. The summed E-state index contributed by atoms with van der Waals surface area (Å²) < 4.78 is 54.8. The Morgan fingerprint density at radius 3 is 2.56 bits per heavy atom. The van der Waals surface area contributed by atoms with Crippen LogP contribution in [-0.2, 0) is 19.1 Å². The molecule has 1 aliphatic heterocycles. The minimum Gasteiger partial charge on any atom is -0.324 e. The molecule has 32 heavy (non-hydrogen) atoms. The van der Waals surface area contributed by atoms with E-state index in [1.54, 1.807) is 13.0 Å². The zero-order valence-electron chi connectivity index (χ0n) is 16.9. The quantitative estimate of drug-likeness (QED) is 0.566. The highest BCUT2D eigenvalue weighted by atomic mass is 19.4. The second kappa shape index (κ2) is 8.10. The number of benzene rings is 2. The topological polar surface area (TPSA) is 76.0 Å². The van der Waals surface area contributed by atoms with Crippen molar-refractivity contribution in [1.82, 2.24) is 9.55 Å². The van der Waals surface area contributed by atoms with Crippen LogP contribution in [0.1, 0.15) is 44.2 Å². The van der Waals surface area contributed by atoms with E-state index in [9.17, 15) is 27.2 Å². The van der Waals surface area contributed by atoms with Crippen LogP contribution in [0.4, 0.5) is 28.9 Å². The average molecular weight is 446 g/mol. The Morgan fingerprint density at radius 1 is 1.06 bits per heavy atom. The van der Waals surface area contributed by atoms with Crippen molar-refractivity contribution in [3.05, 3.63) is 76.6 Å². The van der Waals surface area contributed by atoms with E-state index in [2.05, 4.69) is 15.6 Å². The third kappa shape index (κ3) is 4.08. The monoisotopic (exact) mass is 446 g/mol. The third-order valence-corrected chi connectivity index (χ3v) is 5.25. The maximum atomic E-state index is 14.2. The normalized spacial score (nSPS) is 13.0. The minimum absolute atomic E-state index is 0.0428. The first-order valence-electron chi connectivity index (χ1n) is 9.78. The Morgan fingerprint density at radius 2 is 1.81 bits per heavy atom. The van der Waals surface area contributed by atoms with Gasteiger partial charge in [-0.15, -0.1) is 0 Å². The van der Waals surface area contributed by atoms with Crippen molar-refractivity contribution in [3.63, 3.8) is 0 Å². The maximum absolute atomic E-state index is 14.2. The van der Waals surface area contributed by atoms with Crippen LogP contribution in [0.25, 0.3) is 0 Å². The number of carbonyl (C=O) groups excluding carboxylic acids is 2. The summed E-state index contributed by atoms with van der Waals surface area (Å²) in [4.78, 5) is 29.5. The Hall–Kier alpha value is -3.69. The van der Waals surface area contributed by atoms with Crippen molar-refractivity contribution in [2.24, 2.45) is 0 Å². The van der Waals surface area contributed by atoms with Crippen LogP contribution in [-0.4, -0.2) is 21.4 Å². The molecule has 0 saturated carbocycles. The Bertz CT molecular complexity index is 1220. The number of anilines is 2. The number of imidazole rings is 1. The molecule has 10 heteroatoms. The van der Waals surface area contributed by atoms with E-state index >= 15 is 0 Å². The predicted molar refractivity (Wildman–Crippen MR) is 109 cm³/mol. The smallest absolute Gasteiger partial charge is 0.324 e. The van der Waals surface area contributed by atoms with Crippen molar-refractivity contribution in [1.29, 1.82) is 0 Å². The average Bonchev–Trinajstić information content (AvgIpc) is 3.34. The summed E-state index contributed by atoms with van der Waals surface area (Å²) in [5.41, 5.74) is -0.604. The summed E-state index contributed by atoms with van der Waals surface area (Å²) in [5.74, 6) is -1.94. The second-order valence-electron chi connectivity index (χ2n) is 7.42. The van der Waals surface area contributed by atoms with Gasteiger partial charge in [0.2, 0.25) is 0 Å². The zero-order chi connectivity index (χ0) is 23.0. The summed E-state index contributed by atoms with van der Waals surface area (Å²) in [6.45, 7) is 2.42. The largest absolute Gasteiger partial charge is 0.419 e. The molecule has 4 rings (SSSR count). The van der Waals surface area contributed by atoms with Gasteiger partial charge in [0.25, 0.3) is 11.8 Å². The molecule has 2 heterocycles. The number of fused-ring (bicyclic) bond motifs is 1. The van der Waals surface area contributed by atoms with Crippen molar-refractivity contribution in [2.75, 3.05) is 10.6 Å². The highest BCUT2D eigenvalue weighted by molar-refractivity contribution is 6.07. The molecule has 0 saturated heterocycles. The molecule has 2 N–H and O–H groups in total. The number of halogens is 4. The molecule has 3 aromatic rings. The van der Waals surface area contributed by atoms with Gasteiger partial charge in [-0.05, 0) is 43.2 Å². The molecule has 0 radical (unpaired) electrons. The third-order valence-electron chi connectivity index (χ3n) is 5.25. The lowest BCUT2D eigenvalue weighted by molar-refractivity contribution is -0.139. The lowest BCUT2D eigenvalue weighted by Gasteiger charge is -2.13. The van der Waals surface area contributed by atoms with E-state index in [-0.39, 0.29) is 5.56 Å². The van der Waals surface area contributed by atoms with Gasteiger partial charge in [-0.1, -0.05) is 12.1 Å². The molecule has 0 fully saturated rings. The van der Waals surface area contributed by atoms with Gasteiger partial charge in [0, 0.05) is 24.2 Å². The van der Waals surface area contributed by atoms with Crippen LogP contribution in [0.15, 0.2) is 42.6 Å². The van der Waals surface area contributed by atoms with E-state index in [4.69, 9.17) is 0 Å². The number of aromatic nitrogens is 2. The van der Waals surface area contributed by atoms with Crippen LogP contribution in [0.3, 0.4) is 0 Å². The molecule has 166 valence electrons. The molecule has 6 nitrogen and oxygen atoms in total. The van der Waals surface area contributed by atoms with Gasteiger partial charge in [0.1, 0.15) is 11.5 Å². The van der Waals surface area contributed by atoms with Crippen LogP contribution in [0, 0.1) is 12.7 Å². The van der Waals surface area contributed by atoms with Gasteiger partial charge < -0.3 is 15.2 Å². The second-order valence-corrected chi connectivity index (χ2v) is 7.42. The number of aryl methyl sites for hydroxylation is 2. The van der Waals surface area contributed by atoms with Crippen molar-refractivity contribution in [2.45, 2.75) is 32.5 Å². The summed E-state index contributed by atoms with van der Waals surface area (Å²) >= 11 is 0. The number of nitrogens with zero attached hydrogens (tertiary/aromatic N) is 2. The van der Waals surface area contributed by atoms with Crippen molar-refractivity contribution < 1.29 is 27.2 Å². The number of hydrogen-bond donors (Lipinski definition) is 2. The SMILES string of the molecule is Cc1ccc(C(=O)Nc2cccc(C(F)(F)F)c2F)cc1NC(=O)c1cnc2n1CCC2. The molecule has 0 aliphatic carbocycles. The number of carbonyl (C=O) groups is 2. The summed E-state index contributed by atoms with van der Waals surface area (Å²) in [7, 11) is 0. The molecule has 0 spiro atoms. The van der Waals surface area contributed by atoms with Gasteiger partial charge in [-0.25, -0.2) is 9.37 Å². The highest BCUT2D eigenvalue weighted by Gasteiger charge is 2.35. The van der Waals surface area contributed by atoms with Gasteiger partial charge in [-0.3, -0.25) is 9.59 Å². The molecular formula is C22H18F4N4O2. The molecule has 1 aliphatic rings. The summed E-state index contributed by atoms with van der Waals surface area (Å²) in [6.07, 6.45) is -1.69. The van der Waals surface area contributed by atoms with Gasteiger partial charge in [0.05, 0.1) is 17.4 Å². The Labute approximate surface area is 180 Å². The number of amides is 2. The van der Waals surface area contributed by atoms with Gasteiger partial charge >= 0.3 is 6.18 Å². The number of nitrogens with one attached hydrogen (secondary N) is 2. The molecule has 2 aromatic carbocycles. The summed E-state index contributed by atoms with van der Waals surface area (Å²) in [5, 5.41) is 4.90. The van der Waals surface area contributed by atoms with E-state index in [0.29, 0.717) is 29.6 Å². The molecule has 2 amide bonds. The lowest BCUT2D eigenvalue weighted by Crippen LogP contribution is -2.19. The number of alkyl halides is 3. The fraction of sp³-hybridized carbons (Fsp3) is 0.227. The van der Waals surface area contributed by atoms with Crippen molar-refractivity contribution in [3.8, 4) is 0 Å². The first-order valence-corrected chi connectivity index (χ1v) is 9.78. The zero-order valence-corrected chi connectivity index (χ0v) is 16.9. The lowest BCUT2D eigenvalue weighted by atomic mass is 10.1.